The van der Waals surface area contributed by atoms with Crippen molar-refractivity contribution in [1.82, 2.24) is 15.5 Å². The van der Waals surface area contributed by atoms with Gasteiger partial charge in [0.2, 0.25) is 0 Å². The molecular weight excluding hydrogens is 196 g/mol. The smallest absolute Gasteiger partial charge is 0.251 e. The average molecular weight is 212 g/mol. The third kappa shape index (κ3) is 2.69. The van der Waals surface area contributed by atoms with Gasteiger partial charge in [-0.25, -0.2) is 0 Å². The minimum Gasteiger partial charge on any atom is -0.384 e. The number of carbonyl (C=O) groups excluding carboxylic acids is 1. The quantitative estimate of drug-likeness (QED) is 0.656. The number of carbonyl (C=O) groups is 1. The summed E-state index contributed by atoms with van der Waals surface area (Å²) < 4.78 is 5.03. The molecule has 0 aliphatic carbocycles. The first kappa shape index (κ1) is 11.5. The maximum atomic E-state index is 11.6. The van der Waals surface area contributed by atoms with E-state index in [0.29, 0.717) is 12.4 Å². The van der Waals surface area contributed by atoms with E-state index in [1.165, 1.54) is 7.11 Å². The molecule has 84 valence electrons. The first-order valence-corrected chi connectivity index (χ1v) is 4.58. The fourth-order valence-corrected chi connectivity index (χ4v) is 0.943. The molecule has 0 saturated heterocycles. The van der Waals surface area contributed by atoms with Crippen LogP contribution >= 0.6 is 0 Å². The van der Waals surface area contributed by atoms with E-state index in [1.54, 1.807) is 20.0 Å². The Bertz CT molecular complexity index is 346. The molecule has 0 aliphatic rings. The predicted molar refractivity (Wildman–Crippen MR) is 55.9 cm³/mol. The van der Waals surface area contributed by atoms with Crippen molar-refractivity contribution in [2.24, 2.45) is 0 Å². The van der Waals surface area contributed by atoms with E-state index in [9.17, 15) is 4.79 Å². The Hall–Kier alpha value is -1.56. The second-order valence-corrected chi connectivity index (χ2v) is 3.71. The number of nitrogen functional groups attached to an aromatic ring is 1. The number of rotatable bonds is 4. The van der Waals surface area contributed by atoms with Gasteiger partial charge in [0.1, 0.15) is 11.4 Å². The van der Waals surface area contributed by atoms with Gasteiger partial charge in [0.15, 0.2) is 0 Å². The summed E-state index contributed by atoms with van der Waals surface area (Å²) in [5.41, 5.74) is 5.49. The van der Waals surface area contributed by atoms with Crippen LogP contribution in [0.4, 0.5) is 5.82 Å². The van der Waals surface area contributed by atoms with Crippen LogP contribution in [-0.4, -0.2) is 28.8 Å². The molecule has 0 saturated carbocycles. The Kier molecular flexibility index (Phi) is 3.31. The first-order chi connectivity index (χ1) is 6.97. The molecule has 1 amide bonds. The molecule has 4 N–H and O–H groups in total. The van der Waals surface area contributed by atoms with Crippen LogP contribution in [0.1, 0.15) is 19.4 Å². The molecule has 0 spiro atoms. The van der Waals surface area contributed by atoms with Gasteiger partial charge in [0.25, 0.3) is 5.91 Å². The van der Waals surface area contributed by atoms with Gasteiger partial charge in [0, 0.05) is 19.2 Å². The summed E-state index contributed by atoms with van der Waals surface area (Å²) in [6.45, 7) is 3.73. The molecule has 0 aromatic carbocycles. The van der Waals surface area contributed by atoms with Crippen LogP contribution in [0, 0.1) is 0 Å². The molecule has 0 fully saturated rings. The zero-order valence-electron chi connectivity index (χ0n) is 9.13. The van der Waals surface area contributed by atoms with Crippen LogP contribution in [0.15, 0.2) is 6.20 Å². The summed E-state index contributed by atoms with van der Waals surface area (Å²) in [5, 5.41) is 9.05. The molecule has 6 nitrogen and oxygen atoms in total. The number of anilines is 1. The fourth-order valence-electron chi connectivity index (χ4n) is 0.943. The van der Waals surface area contributed by atoms with Gasteiger partial charge in [-0.2, -0.15) is 5.10 Å². The number of amides is 1. The van der Waals surface area contributed by atoms with E-state index in [1.807, 2.05) is 0 Å². The Balaban J connectivity index is 2.52. The molecule has 6 heteroatoms. The van der Waals surface area contributed by atoms with Crippen LogP contribution < -0.4 is 11.1 Å². The Labute approximate surface area is 88.2 Å². The van der Waals surface area contributed by atoms with Crippen LogP contribution in [0.2, 0.25) is 0 Å². The van der Waals surface area contributed by atoms with Gasteiger partial charge < -0.3 is 15.8 Å². The maximum absolute atomic E-state index is 11.6. The third-order valence-corrected chi connectivity index (χ3v) is 2.25. The number of aromatic nitrogens is 2. The Morgan fingerprint density at radius 1 is 1.73 bits per heavy atom. The highest BCUT2D eigenvalue weighted by molar-refractivity contribution is 5.84. The summed E-state index contributed by atoms with van der Waals surface area (Å²) in [5.74, 6) is 0.274. The first-order valence-electron chi connectivity index (χ1n) is 4.58. The molecule has 0 aliphatic heterocycles. The van der Waals surface area contributed by atoms with Crippen LogP contribution in [0.25, 0.3) is 0 Å². The molecular formula is C9H16N4O2. The van der Waals surface area contributed by atoms with E-state index < -0.39 is 5.60 Å². The summed E-state index contributed by atoms with van der Waals surface area (Å²) in [4.78, 5) is 11.6. The summed E-state index contributed by atoms with van der Waals surface area (Å²) in [6.07, 6.45) is 1.58. The van der Waals surface area contributed by atoms with E-state index >= 15 is 0 Å². The highest BCUT2D eigenvalue weighted by Crippen LogP contribution is 2.09. The van der Waals surface area contributed by atoms with Gasteiger partial charge in [0.05, 0.1) is 6.20 Å². The molecule has 1 heterocycles. The summed E-state index contributed by atoms with van der Waals surface area (Å²) in [7, 11) is 1.49. The van der Waals surface area contributed by atoms with Crippen molar-refractivity contribution in [3.05, 3.63) is 11.8 Å². The molecule has 0 unspecified atom stereocenters. The van der Waals surface area contributed by atoms with E-state index in [0.717, 1.165) is 5.56 Å². The second-order valence-electron chi connectivity index (χ2n) is 3.71. The predicted octanol–water partition coefficient (Wildman–Crippen LogP) is 0.0331. The average Bonchev–Trinajstić information content (AvgIpc) is 2.60. The van der Waals surface area contributed by atoms with Crippen LogP contribution in [-0.2, 0) is 16.1 Å². The van der Waals surface area contributed by atoms with Gasteiger partial charge in [-0.1, -0.05) is 0 Å². The lowest BCUT2D eigenvalue weighted by molar-refractivity contribution is -0.139. The maximum Gasteiger partial charge on any atom is 0.251 e. The minimum atomic E-state index is -0.835. The normalized spacial score (nSPS) is 11.4. The number of ether oxygens (including phenoxy) is 1. The number of hydrogen-bond acceptors (Lipinski definition) is 4. The number of methoxy groups -OCH3 is 1. The minimum absolute atomic E-state index is 0.189. The van der Waals surface area contributed by atoms with Crippen molar-refractivity contribution in [3.63, 3.8) is 0 Å². The standard InChI is InChI=1S/C9H16N4O2/c1-9(2,15-3)8(14)11-4-6-5-12-13-7(6)10/h5H,4H2,1-3H3,(H,11,14)(H3,10,12,13). The zero-order chi connectivity index (χ0) is 11.5. The molecule has 0 bridgehead atoms. The monoisotopic (exact) mass is 212 g/mol. The number of nitrogens with two attached hydrogens (primary N) is 1. The summed E-state index contributed by atoms with van der Waals surface area (Å²) in [6, 6.07) is 0. The second kappa shape index (κ2) is 4.31. The van der Waals surface area contributed by atoms with Gasteiger partial charge in [-0.3, -0.25) is 9.89 Å². The van der Waals surface area contributed by atoms with E-state index in [2.05, 4.69) is 15.5 Å². The molecule has 1 aromatic rings. The van der Waals surface area contributed by atoms with Gasteiger partial charge in [-0.05, 0) is 13.8 Å². The molecule has 1 rings (SSSR count). The van der Waals surface area contributed by atoms with Gasteiger partial charge in [-0.15, -0.1) is 0 Å². The van der Waals surface area contributed by atoms with Crippen molar-refractivity contribution in [2.75, 3.05) is 12.8 Å². The number of H-pyrrole nitrogens is 1. The Morgan fingerprint density at radius 2 is 2.40 bits per heavy atom. The van der Waals surface area contributed by atoms with Crippen molar-refractivity contribution < 1.29 is 9.53 Å². The van der Waals surface area contributed by atoms with Gasteiger partial charge >= 0.3 is 0 Å². The number of nitrogens with zero attached hydrogens (tertiary/aromatic N) is 1. The van der Waals surface area contributed by atoms with Crippen LogP contribution in [0.3, 0.4) is 0 Å². The number of hydrogen-bond donors (Lipinski definition) is 3. The highest BCUT2D eigenvalue weighted by Gasteiger charge is 2.26. The van der Waals surface area contributed by atoms with E-state index in [4.69, 9.17) is 10.5 Å². The third-order valence-electron chi connectivity index (χ3n) is 2.25. The van der Waals surface area contributed by atoms with Crippen LogP contribution in [0.5, 0.6) is 0 Å². The van der Waals surface area contributed by atoms with Crippen molar-refractivity contribution in [2.45, 2.75) is 26.0 Å². The molecule has 0 radical (unpaired) electrons. The zero-order valence-corrected chi connectivity index (χ0v) is 9.13. The van der Waals surface area contributed by atoms with E-state index in [-0.39, 0.29) is 5.91 Å². The molecule has 1 aromatic heterocycles. The van der Waals surface area contributed by atoms with Crippen molar-refractivity contribution >= 4 is 11.7 Å². The van der Waals surface area contributed by atoms with Crippen molar-refractivity contribution in [3.8, 4) is 0 Å². The SMILES string of the molecule is COC(C)(C)C(=O)NCc1cn[nH]c1N. The lowest BCUT2D eigenvalue weighted by Crippen LogP contribution is -2.43. The van der Waals surface area contributed by atoms with Crippen molar-refractivity contribution in [1.29, 1.82) is 0 Å². The molecule has 0 atom stereocenters. The molecule has 15 heavy (non-hydrogen) atoms. The fraction of sp³-hybridized carbons (Fsp3) is 0.556. The topological polar surface area (TPSA) is 93.0 Å². The number of aromatic amines is 1. The largest absolute Gasteiger partial charge is 0.384 e. The number of nitrogens with one attached hydrogen (secondary N) is 2. The highest BCUT2D eigenvalue weighted by atomic mass is 16.5. The Morgan fingerprint density at radius 3 is 2.87 bits per heavy atom. The lowest BCUT2D eigenvalue weighted by Gasteiger charge is -2.21. The summed E-state index contributed by atoms with van der Waals surface area (Å²) >= 11 is 0. The lowest BCUT2D eigenvalue weighted by atomic mass is 10.1.